The second kappa shape index (κ2) is 11.6. The molecule has 0 fully saturated rings. The van der Waals surface area contributed by atoms with Gasteiger partial charge < -0.3 is 20.5 Å². The zero-order valence-electron chi connectivity index (χ0n) is 17.2. The maximum atomic E-state index is 10.2. The molecule has 148 valence electrons. The second-order valence-electron chi connectivity index (χ2n) is 6.83. The number of nitrogens with zero attached hydrogens (tertiary/aromatic N) is 2. The first-order valence-electron chi connectivity index (χ1n) is 9.53. The van der Waals surface area contributed by atoms with Crippen LogP contribution in [0.4, 0.5) is 0 Å². The van der Waals surface area contributed by atoms with E-state index in [2.05, 4.69) is 55.1 Å². The number of methoxy groups -OCH3 is 1. The van der Waals surface area contributed by atoms with E-state index in [1.807, 2.05) is 12.1 Å². The molecule has 0 aliphatic heterocycles. The molecule has 6 nitrogen and oxygen atoms in total. The smallest absolute Gasteiger partial charge is 0.191 e. The first kappa shape index (κ1) is 22.1. The maximum absolute atomic E-state index is 10.2. The highest BCUT2D eigenvalue weighted by atomic mass is 16.5. The van der Waals surface area contributed by atoms with Crippen molar-refractivity contribution in [1.29, 1.82) is 0 Å². The fourth-order valence-corrected chi connectivity index (χ4v) is 2.98. The number of hydrogen-bond acceptors (Lipinski definition) is 4. The van der Waals surface area contributed by atoms with Crippen LogP contribution in [0.5, 0.6) is 11.5 Å². The molecule has 0 bridgehead atoms. The monoisotopic (exact) mass is 364 g/mol. The van der Waals surface area contributed by atoms with Crippen LogP contribution in [0.2, 0.25) is 0 Å². The third-order valence-corrected chi connectivity index (χ3v) is 4.29. The number of nitrogens with one attached hydrogen (secondary N) is 2. The molecule has 0 atom stereocenters. The molecule has 1 aromatic rings. The van der Waals surface area contributed by atoms with Crippen molar-refractivity contribution in [1.82, 2.24) is 15.5 Å². The third kappa shape index (κ3) is 7.12. The molecule has 3 N–H and O–H groups in total. The minimum Gasteiger partial charge on any atom is -0.504 e. The van der Waals surface area contributed by atoms with Gasteiger partial charge in [0.2, 0.25) is 0 Å². The van der Waals surface area contributed by atoms with Gasteiger partial charge in [-0.25, -0.2) is 0 Å². The molecule has 0 amide bonds. The van der Waals surface area contributed by atoms with Gasteiger partial charge >= 0.3 is 0 Å². The van der Waals surface area contributed by atoms with Crippen molar-refractivity contribution in [2.45, 2.75) is 53.1 Å². The van der Waals surface area contributed by atoms with Gasteiger partial charge in [0.05, 0.1) is 13.7 Å². The van der Waals surface area contributed by atoms with Crippen LogP contribution in [-0.4, -0.2) is 61.3 Å². The first-order chi connectivity index (χ1) is 12.4. The zero-order valence-corrected chi connectivity index (χ0v) is 17.2. The van der Waals surface area contributed by atoms with Crippen LogP contribution < -0.4 is 15.4 Å². The number of ether oxygens (including phenoxy) is 1. The molecular formula is C20H36N4O2. The fraction of sp³-hybridized carbons (Fsp3) is 0.650. The lowest BCUT2D eigenvalue weighted by molar-refractivity contribution is 0.181. The molecule has 0 saturated carbocycles. The maximum Gasteiger partial charge on any atom is 0.191 e. The van der Waals surface area contributed by atoms with Crippen LogP contribution in [0, 0.1) is 0 Å². The molecule has 1 aromatic carbocycles. The summed E-state index contributed by atoms with van der Waals surface area (Å²) < 4.78 is 5.15. The highest BCUT2D eigenvalue weighted by Gasteiger charge is 2.12. The molecule has 6 heteroatoms. The van der Waals surface area contributed by atoms with Crippen LogP contribution >= 0.6 is 0 Å². The van der Waals surface area contributed by atoms with Crippen LogP contribution in [0.25, 0.3) is 0 Å². The van der Waals surface area contributed by atoms with E-state index < -0.39 is 0 Å². The summed E-state index contributed by atoms with van der Waals surface area (Å²) in [5.41, 5.74) is 0.860. The fourth-order valence-electron chi connectivity index (χ4n) is 2.98. The zero-order chi connectivity index (χ0) is 19.5. The molecule has 0 heterocycles. The summed E-state index contributed by atoms with van der Waals surface area (Å²) in [7, 11) is 1.56. The van der Waals surface area contributed by atoms with Crippen LogP contribution in [-0.2, 0) is 6.42 Å². The van der Waals surface area contributed by atoms with E-state index in [0.29, 0.717) is 30.8 Å². The summed E-state index contributed by atoms with van der Waals surface area (Å²) in [5.74, 6) is 1.52. The van der Waals surface area contributed by atoms with E-state index in [4.69, 9.17) is 4.74 Å². The van der Waals surface area contributed by atoms with Gasteiger partial charge in [-0.1, -0.05) is 12.1 Å². The van der Waals surface area contributed by atoms with Crippen molar-refractivity contribution < 1.29 is 9.84 Å². The molecule has 0 radical (unpaired) electrons. The van der Waals surface area contributed by atoms with E-state index >= 15 is 0 Å². The number of aliphatic imine (C=N–C) groups is 1. The minimum atomic E-state index is 0.211. The average molecular weight is 365 g/mol. The van der Waals surface area contributed by atoms with Gasteiger partial charge in [-0.3, -0.25) is 9.89 Å². The molecular weight excluding hydrogens is 328 g/mol. The van der Waals surface area contributed by atoms with Crippen molar-refractivity contribution >= 4 is 5.96 Å². The Kier molecular flexibility index (Phi) is 9.88. The molecule has 0 aromatic heterocycles. The van der Waals surface area contributed by atoms with E-state index in [1.165, 1.54) is 0 Å². The number of phenolic OH excluding ortho intramolecular Hbond substituents is 1. The SMILES string of the molecule is CCNC(=NCCN(C(C)C)C(C)C)NCCc1cccc(OC)c1O. The molecule has 0 aliphatic carbocycles. The van der Waals surface area contributed by atoms with E-state index in [0.717, 1.165) is 31.2 Å². The first-order valence-corrected chi connectivity index (χ1v) is 9.53. The van der Waals surface area contributed by atoms with Crippen LogP contribution in [0.15, 0.2) is 23.2 Å². The Morgan fingerprint density at radius 3 is 2.46 bits per heavy atom. The van der Waals surface area contributed by atoms with Gasteiger partial charge in [-0.15, -0.1) is 0 Å². The summed E-state index contributed by atoms with van der Waals surface area (Å²) in [6.07, 6.45) is 0.692. The Labute approximate surface area is 158 Å². The molecule has 0 aliphatic rings. The Morgan fingerprint density at radius 2 is 1.88 bits per heavy atom. The number of aromatic hydroxyl groups is 1. The van der Waals surface area contributed by atoms with Crippen molar-refractivity contribution in [3.63, 3.8) is 0 Å². The minimum absolute atomic E-state index is 0.211. The van der Waals surface area contributed by atoms with Crippen molar-refractivity contribution in [2.75, 3.05) is 33.3 Å². The molecule has 0 spiro atoms. The predicted molar refractivity (Wildman–Crippen MR) is 109 cm³/mol. The van der Waals surface area contributed by atoms with E-state index in [-0.39, 0.29) is 5.75 Å². The average Bonchev–Trinajstić information content (AvgIpc) is 2.59. The van der Waals surface area contributed by atoms with Crippen molar-refractivity contribution in [3.05, 3.63) is 23.8 Å². The van der Waals surface area contributed by atoms with Gasteiger partial charge in [0, 0.05) is 31.7 Å². The summed E-state index contributed by atoms with van der Waals surface area (Å²) >= 11 is 0. The van der Waals surface area contributed by atoms with Gasteiger partial charge in [-0.05, 0) is 52.7 Å². The van der Waals surface area contributed by atoms with Crippen molar-refractivity contribution in [3.8, 4) is 11.5 Å². The largest absolute Gasteiger partial charge is 0.504 e. The molecule has 0 saturated heterocycles. The third-order valence-electron chi connectivity index (χ3n) is 4.29. The highest BCUT2D eigenvalue weighted by Crippen LogP contribution is 2.29. The molecule has 1 rings (SSSR count). The Morgan fingerprint density at radius 1 is 1.19 bits per heavy atom. The van der Waals surface area contributed by atoms with Gasteiger partial charge in [0.1, 0.15) is 0 Å². The van der Waals surface area contributed by atoms with Crippen LogP contribution in [0.3, 0.4) is 0 Å². The summed E-state index contributed by atoms with van der Waals surface area (Å²) in [6.45, 7) is 14.1. The lowest BCUT2D eigenvalue weighted by atomic mass is 10.1. The summed E-state index contributed by atoms with van der Waals surface area (Å²) in [5, 5.41) is 16.8. The summed E-state index contributed by atoms with van der Waals surface area (Å²) in [4.78, 5) is 7.10. The normalized spacial score (nSPS) is 12.1. The van der Waals surface area contributed by atoms with E-state index in [9.17, 15) is 5.11 Å². The predicted octanol–water partition coefficient (Wildman–Crippen LogP) is 2.62. The molecule has 0 unspecified atom stereocenters. The number of rotatable bonds is 10. The molecule has 26 heavy (non-hydrogen) atoms. The quantitative estimate of drug-likeness (QED) is 0.440. The number of para-hydroxylation sites is 1. The number of guanidine groups is 1. The van der Waals surface area contributed by atoms with E-state index in [1.54, 1.807) is 13.2 Å². The Hall–Kier alpha value is -1.95. The topological polar surface area (TPSA) is 69.1 Å². The lowest BCUT2D eigenvalue weighted by Crippen LogP contribution is -2.41. The standard InChI is InChI=1S/C20H36N4O2/c1-7-21-20(23-13-14-24(15(2)3)16(4)5)22-12-11-17-9-8-10-18(26-6)19(17)25/h8-10,15-16,25H,7,11-14H2,1-6H3,(H2,21,22,23). The van der Waals surface area contributed by atoms with Crippen molar-refractivity contribution in [2.24, 2.45) is 4.99 Å². The number of benzene rings is 1. The number of phenols is 1. The summed E-state index contributed by atoms with van der Waals surface area (Å²) in [6, 6.07) is 6.58. The number of hydrogen-bond donors (Lipinski definition) is 3. The van der Waals surface area contributed by atoms with Gasteiger partial charge in [0.15, 0.2) is 17.5 Å². The van der Waals surface area contributed by atoms with Gasteiger partial charge in [-0.2, -0.15) is 0 Å². The lowest BCUT2D eigenvalue weighted by Gasteiger charge is -2.29. The van der Waals surface area contributed by atoms with Gasteiger partial charge in [0.25, 0.3) is 0 Å². The Bertz CT molecular complexity index is 551. The highest BCUT2D eigenvalue weighted by molar-refractivity contribution is 5.79. The second-order valence-corrected chi connectivity index (χ2v) is 6.83. The van der Waals surface area contributed by atoms with Crippen LogP contribution in [0.1, 0.15) is 40.2 Å². The Balaban J connectivity index is 2.57.